The summed E-state index contributed by atoms with van der Waals surface area (Å²) in [5, 5.41) is 4.17. The molecule has 4 rings (SSSR count). The SMILES string of the molecule is COC(=O)C1CCN(C(=O)C2CN(c3cc(-n4cccn4)ncn3)C2)CC1. The van der Waals surface area contributed by atoms with Gasteiger partial charge in [0.25, 0.3) is 0 Å². The maximum absolute atomic E-state index is 12.7. The largest absolute Gasteiger partial charge is 0.469 e. The first kappa shape index (κ1) is 17.4. The van der Waals surface area contributed by atoms with Crippen molar-refractivity contribution in [2.24, 2.45) is 11.8 Å². The molecule has 0 aromatic carbocycles. The molecule has 0 saturated carbocycles. The molecule has 0 N–H and O–H groups in total. The zero-order valence-corrected chi connectivity index (χ0v) is 15.2. The molecule has 0 aliphatic carbocycles. The lowest BCUT2D eigenvalue weighted by Gasteiger charge is -2.42. The highest BCUT2D eigenvalue weighted by Crippen LogP contribution is 2.27. The molecule has 9 heteroatoms. The number of rotatable bonds is 4. The van der Waals surface area contributed by atoms with Crippen LogP contribution in [0.3, 0.4) is 0 Å². The Morgan fingerprint density at radius 2 is 1.85 bits per heavy atom. The first-order valence-electron chi connectivity index (χ1n) is 9.09. The zero-order valence-electron chi connectivity index (χ0n) is 15.2. The van der Waals surface area contributed by atoms with Gasteiger partial charge in [-0.25, -0.2) is 14.6 Å². The van der Waals surface area contributed by atoms with Crippen molar-refractivity contribution in [3.63, 3.8) is 0 Å². The summed E-state index contributed by atoms with van der Waals surface area (Å²) in [6, 6.07) is 3.71. The van der Waals surface area contributed by atoms with E-state index in [1.165, 1.54) is 13.4 Å². The minimum absolute atomic E-state index is 0.0252. The van der Waals surface area contributed by atoms with Gasteiger partial charge in [-0.15, -0.1) is 0 Å². The van der Waals surface area contributed by atoms with Gasteiger partial charge in [-0.1, -0.05) is 0 Å². The fraction of sp³-hybridized carbons (Fsp3) is 0.500. The minimum Gasteiger partial charge on any atom is -0.469 e. The number of esters is 1. The number of nitrogens with zero attached hydrogens (tertiary/aromatic N) is 6. The van der Waals surface area contributed by atoms with Crippen LogP contribution < -0.4 is 4.90 Å². The normalized spacial score (nSPS) is 18.3. The molecule has 0 spiro atoms. The average Bonchev–Trinajstić information content (AvgIpc) is 3.21. The van der Waals surface area contributed by atoms with Crippen LogP contribution in [-0.4, -0.2) is 69.8 Å². The van der Waals surface area contributed by atoms with E-state index in [0.717, 1.165) is 5.82 Å². The van der Waals surface area contributed by atoms with Crippen LogP contribution in [-0.2, 0) is 14.3 Å². The van der Waals surface area contributed by atoms with E-state index in [1.807, 2.05) is 23.2 Å². The third kappa shape index (κ3) is 3.49. The lowest BCUT2D eigenvalue weighted by Crippen LogP contribution is -2.56. The van der Waals surface area contributed by atoms with Crippen LogP contribution in [0.15, 0.2) is 30.9 Å². The van der Waals surface area contributed by atoms with E-state index in [4.69, 9.17) is 4.74 Å². The second-order valence-corrected chi connectivity index (χ2v) is 6.91. The molecular formula is C18H22N6O3. The van der Waals surface area contributed by atoms with Gasteiger partial charge >= 0.3 is 5.97 Å². The second kappa shape index (κ2) is 7.34. The topological polar surface area (TPSA) is 93.5 Å². The van der Waals surface area contributed by atoms with Crippen molar-refractivity contribution in [2.75, 3.05) is 38.2 Å². The fourth-order valence-corrected chi connectivity index (χ4v) is 3.62. The van der Waals surface area contributed by atoms with Crippen molar-refractivity contribution >= 4 is 17.7 Å². The van der Waals surface area contributed by atoms with Crippen LogP contribution in [0.25, 0.3) is 5.82 Å². The van der Waals surface area contributed by atoms with E-state index < -0.39 is 0 Å². The van der Waals surface area contributed by atoms with E-state index in [9.17, 15) is 9.59 Å². The number of anilines is 1. The number of methoxy groups -OCH3 is 1. The van der Waals surface area contributed by atoms with Crippen molar-refractivity contribution in [2.45, 2.75) is 12.8 Å². The predicted molar refractivity (Wildman–Crippen MR) is 96.2 cm³/mol. The summed E-state index contributed by atoms with van der Waals surface area (Å²) >= 11 is 0. The van der Waals surface area contributed by atoms with Gasteiger partial charge in [0.1, 0.15) is 12.1 Å². The molecule has 2 saturated heterocycles. The molecule has 142 valence electrons. The molecule has 9 nitrogen and oxygen atoms in total. The molecule has 0 bridgehead atoms. The summed E-state index contributed by atoms with van der Waals surface area (Å²) in [4.78, 5) is 36.8. The van der Waals surface area contributed by atoms with Gasteiger partial charge < -0.3 is 14.5 Å². The van der Waals surface area contributed by atoms with E-state index in [1.54, 1.807) is 10.9 Å². The predicted octanol–water partition coefficient (Wildman–Crippen LogP) is 0.510. The number of hydrogen-bond donors (Lipinski definition) is 0. The van der Waals surface area contributed by atoms with E-state index >= 15 is 0 Å². The van der Waals surface area contributed by atoms with Crippen molar-refractivity contribution in [1.29, 1.82) is 0 Å². The summed E-state index contributed by atoms with van der Waals surface area (Å²) in [7, 11) is 1.41. The van der Waals surface area contributed by atoms with Gasteiger partial charge in [0.2, 0.25) is 5.91 Å². The Bertz CT molecular complexity index is 810. The van der Waals surface area contributed by atoms with E-state index in [0.29, 0.717) is 44.8 Å². The molecule has 2 aliphatic heterocycles. The summed E-state index contributed by atoms with van der Waals surface area (Å²) in [6.07, 6.45) is 6.39. The first-order valence-corrected chi connectivity index (χ1v) is 9.09. The summed E-state index contributed by atoms with van der Waals surface area (Å²) in [6.45, 7) is 2.52. The zero-order chi connectivity index (χ0) is 18.8. The molecule has 4 heterocycles. The third-order valence-electron chi connectivity index (χ3n) is 5.27. The van der Waals surface area contributed by atoms with Crippen LogP contribution >= 0.6 is 0 Å². The Hall–Kier alpha value is -2.97. The molecule has 27 heavy (non-hydrogen) atoms. The highest BCUT2D eigenvalue weighted by Gasteiger charge is 2.38. The highest BCUT2D eigenvalue weighted by atomic mass is 16.5. The number of ether oxygens (including phenoxy) is 1. The van der Waals surface area contributed by atoms with E-state index in [-0.39, 0.29) is 23.7 Å². The number of aromatic nitrogens is 4. The Labute approximate surface area is 156 Å². The lowest BCUT2D eigenvalue weighted by atomic mass is 9.93. The van der Waals surface area contributed by atoms with Gasteiger partial charge in [0.15, 0.2) is 5.82 Å². The van der Waals surface area contributed by atoms with Gasteiger partial charge in [-0.3, -0.25) is 9.59 Å². The monoisotopic (exact) mass is 370 g/mol. The summed E-state index contributed by atoms with van der Waals surface area (Å²) in [5.41, 5.74) is 0. The number of piperidine rings is 1. The van der Waals surface area contributed by atoms with Crippen molar-refractivity contribution in [3.8, 4) is 5.82 Å². The molecular weight excluding hydrogens is 348 g/mol. The van der Waals surface area contributed by atoms with Crippen LogP contribution in [0.1, 0.15) is 12.8 Å². The summed E-state index contributed by atoms with van der Waals surface area (Å²) < 4.78 is 6.48. The molecule has 2 aromatic heterocycles. The smallest absolute Gasteiger partial charge is 0.308 e. The fourth-order valence-electron chi connectivity index (χ4n) is 3.62. The molecule has 0 unspecified atom stereocenters. The quantitative estimate of drug-likeness (QED) is 0.724. The maximum atomic E-state index is 12.7. The Balaban J connectivity index is 1.31. The second-order valence-electron chi connectivity index (χ2n) is 6.91. The van der Waals surface area contributed by atoms with Gasteiger partial charge in [-0.05, 0) is 18.9 Å². The maximum Gasteiger partial charge on any atom is 0.308 e. The van der Waals surface area contributed by atoms with Crippen molar-refractivity contribution in [3.05, 3.63) is 30.9 Å². The lowest BCUT2D eigenvalue weighted by molar-refractivity contribution is -0.149. The Morgan fingerprint density at radius 1 is 1.11 bits per heavy atom. The number of likely N-dealkylation sites (tertiary alicyclic amines) is 1. The molecule has 2 aromatic rings. The molecule has 0 atom stereocenters. The summed E-state index contributed by atoms with van der Waals surface area (Å²) in [5.74, 6) is 1.37. The van der Waals surface area contributed by atoms with Crippen LogP contribution in [0.2, 0.25) is 0 Å². The first-order chi connectivity index (χ1) is 13.2. The van der Waals surface area contributed by atoms with Crippen molar-refractivity contribution < 1.29 is 14.3 Å². The van der Waals surface area contributed by atoms with Crippen LogP contribution in [0.4, 0.5) is 5.82 Å². The van der Waals surface area contributed by atoms with Crippen LogP contribution in [0, 0.1) is 11.8 Å². The van der Waals surface area contributed by atoms with Gasteiger partial charge in [0, 0.05) is 44.6 Å². The molecule has 1 amide bonds. The van der Waals surface area contributed by atoms with Gasteiger partial charge in [0.05, 0.1) is 18.9 Å². The molecule has 2 aliphatic rings. The third-order valence-corrected chi connectivity index (χ3v) is 5.27. The number of carbonyl (C=O) groups is 2. The minimum atomic E-state index is -0.173. The standard InChI is InChI=1S/C18H22N6O3/c1-27-18(26)13-3-7-22(8-4-13)17(25)14-10-23(11-14)15-9-16(20-12-19-15)24-6-2-5-21-24/h2,5-6,9,12-14H,3-4,7-8,10-11H2,1H3. The van der Waals surface area contributed by atoms with Gasteiger partial charge in [-0.2, -0.15) is 5.10 Å². The molecule has 2 fully saturated rings. The van der Waals surface area contributed by atoms with E-state index in [2.05, 4.69) is 20.0 Å². The van der Waals surface area contributed by atoms with Crippen molar-refractivity contribution in [1.82, 2.24) is 24.6 Å². The van der Waals surface area contributed by atoms with Crippen LogP contribution in [0.5, 0.6) is 0 Å². The average molecular weight is 370 g/mol. The Morgan fingerprint density at radius 3 is 2.52 bits per heavy atom. The number of amides is 1. The molecule has 0 radical (unpaired) electrons. The Kier molecular flexibility index (Phi) is 4.74. The number of carbonyl (C=O) groups excluding carboxylic acids is 2. The number of hydrogen-bond acceptors (Lipinski definition) is 7. The highest BCUT2D eigenvalue weighted by molar-refractivity contribution is 5.82.